The second-order valence-corrected chi connectivity index (χ2v) is 5.83. The van der Waals surface area contributed by atoms with E-state index in [1.54, 1.807) is 0 Å². The van der Waals surface area contributed by atoms with Crippen molar-refractivity contribution in [1.82, 2.24) is 15.1 Å². The molecular formula is C15H25N3O2. The zero-order valence-electron chi connectivity index (χ0n) is 12.6. The van der Waals surface area contributed by atoms with Crippen molar-refractivity contribution in [3.63, 3.8) is 0 Å². The summed E-state index contributed by atoms with van der Waals surface area (Å²) in [5, 5.41) is 17.3. The first-order valence-corrected chi connectivity index (χ1v) is 7.52. The van der Waals surface area contributed by atoms with Crippen LogP contribution in [0.1, 0.15) is 38.1 Å². The number of amides is 1. The predicted molar refractivity (Wildman–Crippen MR) is 77.2 cm³/mol. The molecule has 0 radical (unpaired) electrons. The van der Waals surface area contributed by atoms with Crippen LogP contribution < -0.4 is 0 Å². The molecule has 1 fully saturated rings. The van der Waals surface area contributed by atoms with Crippen LogP contribution in [0.15, 0.2) is 6.07 Å². The molecule has 0 aliphatic carbocycles. The molecule has 2 heterocycles. The zero-order chi connectivity index (χ0) is 14.7. The lowest BCUT2D eigenvalue weighted by Gasteiger charge is -2.21. The van der Waals surface area contributed by atoms with Gasteiger partial charge >= 0.3 is 0 Å². The summed E-state index contributed by atoms with van der Waals surface area (Å²) in [7, 11) is 0. The van der Waals surface area contributed by atoms with E-state index in [9.17, 15) is 9.90 Å². The van der Waals surface area contributed by atoms with Gasteiger partial charge in [-0.25, -0.2) is 0 Å². The lowest BCUT2D eigenvalue weighted by atomic mass is 10.00. The lowest BCUT2D eigenvalue weighted by molar-refractivity contribution is -0.135. The minimum Gasteiger partial charge on any atom is -0.391 e. The number of likely N-dealkylation sites (tertiary alicyclic amines) is 1. The number of hydrogen-bond acceptors (Lipinski definition) is 3. The number of nitrogens with zero attached hydrogens (tertiary/aromatic N) is 2. The van der Waals surface area contributed by atoms with E-state index in [0.717, 1.165) is 30.7 Å². The summed E-state index contributed by atoms with van der Waals surface area (Å²) in [6.45, 7) is 7.15. The number of H-pyrrole nitrogens is 1. The van der Waals surface area contributed by atoms with Gasteiger partial charge in [-0.3, -0.25) is 9.89 Å². The van der Waals surface area contributed by atoms with Gasteiger partial charge in [0.1, 0.15) is 0 Å². The molecule has 1 aliphatic heterocycles. The topological polar surface area (TPSA) is 69.2 Å². The molecule has 0 saturated carbocycles. The number of aromatic amines is 1. The molecule has 5 nitrogen and oxygen atoms in total. The lowest BCUT2D eigenvalue weighted by Crippen LogP contribution is -2.34. The highest BCUT2D eigenvalue weighted by atomic mass is 16.3. The fourth-order valence-electron chi connectivity index (χ4n) is 2.98. The molecular weight excluding hydrogens is 254 g/mol. The average molecular weight is 279 g/mol. The summed E-state index contributed by atoms with van der Waals surface area (Å²) in [5.41, 5.74) is 1.99. The van der Waals surface area contributed by atoms with Crippen LogP contribution in [0.25, 0.3) is 0 Å². The molecule has 2 atom stereocenters. The number of aliphatic hydroxyl groups is 1. The van der Waals surface area contributed by atoms with Crippen LogP contribution in [-0.4, -0.2) is 45.3 Å². The zero-order valence-corrected chi connectivity index (χ0v) is 12.6. The average Bonchev–Trinajstić information content (AvgIpc) is 2.98. The third kappa shape index (κ3) is 3.20. The minimum absolute atomic E-state index is 0.0913. The number of hydrogen-bond donors (Lipinski definition) is 2. The van der Waals surface area contributed by atoms with Crippen LogP contribution in [0.4, 0.5) is 0 Å². The standard InChI is InChI=1S/C15H25N3O2/c1-4-11(5-2)15(20)18-8-12(14(19)9-18)7-13-6-10(3)16-17-13/h6,11-12,14,19H,4-5,7-9H2,1-3H3,(H,16,17)/t12-,14-/m1/s1. The summed E-state index contributed by atoms with van der Waals surface area (Å²) in [5.74, 6) is 0.374. The summed E-state index contributed by atoms with van der Waals surface area (Å²) in [4.78, 5) is 14.2. The third-order valence-electron chi connectivity index (χ3n) is 4.28. The number of β-amino-alcohol motifs (C(OH)–C–C–N with tert-alkyl or cyclic N) is 1. The molecule has 0 spiro atoms. The molecule has 1 aliphatic rings. The van der Waals surface area contributed by atoms with E-state index in [1.165, 1.54) is 0 Å². The Balaban J connectivity index is 1.96. The first-order chi connectivity index (χ1) is 9.55. The van der Waals surface area contributed by atoms with Crippen LogP contribution in [0, 0.1) is 18.8 Å². The van der Waals surface area contributed by atoms with Gasteiger partial charge in [0, 0.05) is 30.6 Å². The van der Waals surface area contributed by atoms with Crippen LogP contribution in [0.5, 0.6) is 0 Å². The molecule has 0 aromatic carbocycles. The van der Waals surface area contributed by atoms with Gasteiger partial charge < -0.3 is 10.0 Å². The van der Waals surface area contributed by atoms with E-state index in [4.69, 9.17) is 0 Å². The molecule has 2 rings (SSSR count). The molecule has 0 bridgehead atoms. The molecule has 1 aromatic rings. The smallest absolute Gasteiger partial charge is 0.225 e. The number of carbonyl (C=O) groups is 1. The third-order valence-corrected chi connectivity index (χ3v) is 4.28. The van der Waals surface area contributed by atoms with Crippen molar-refractivity contribution in [3.05, 3.63) is 17.5 Å². The molecule has 1 saturated heterocycles. The minimum atomic E-state index is -0.440. The Morgan fingerprint density at radius 1 is 1.50 bits per heavy atom. The van der Waals surface area contributed by atoms with Crippen molar-refractivity contribution in [2.75, 3.05) is 13.1 Å². The second-order valence-electron chi connectivity index (χ2n) is 5.83. The normalized spacial score (nSPS) is 22.8. The van der Waals surface area contributed by atoms with Crippen molar-refractivity contribution in [1.29, 1.82) is 0 Å². The highest BCUT2D eigenvalue weighted by Crippen LogP contribution is 2.24. The van der Waals surface area contributed by atoms with E-state index in [1.807, 2.05) is 31.7 Å². The molecule has 20 heavy (non-hydrogen) atoms. The van der Waals surface area contributed by atoms with Crippen LogP contribution in [-0.2, 0) is 11.2 Å². The first-order valence-electron chi connectivity index (χ1n) is 7.52. The maximum Gasteiger partial charge on any atom is 0.225 e. The fraction of sp³-hybridized carbons (Fsp3) is 0.733. The Morgan fingerprint density at radius 3 is 2.75 bits per heavy atom. The molecule has 1 amide bonds. The van der Waals surface area contributed by atoms with Gasteiger partial charge in [0.2, 0.25) is 5.91 Å². The molecule has 5 heteroatoms. The summed E-state index contributed by atoms with van der Waals surface area (Å²) >= 11 is 0. The summed E-state index contributed by atoms with van der Waals surface area (Å²) < 4.78 is 0. The highest BCUT2D eigenvalue weighted by Gasteiger charge is 2.35. The molecule has 2 N–H and O–H groups in total. The molecule has 112 valence electrons. The van der Waals surface area contributed by atoms with Gasteiger partial charge in [0.25, 0.3) is 0 Å². The van der Waals surface area contributed by atoms with Gasteiger partial charge in [-0.2, -0.15) is 5.10 Å². The molecule has 1 aromatic heterocycles. The SMILES string of the molecule is CCC(CC)C(=O)N1C[C@@H](Cc2cc(C)[nH]n2)[C@H](O)C1. The van der Waals surface area contributed by atoms with E-state index >= 15 is 0 Å². The number of aliphatic hydroxyl groups excluding tert-OH is 1. The Morgan fingerprint density at radius 2 is 2.20 bits per heavy atom. The number of carbonyl (C=O) groups excluding carboxylic acids is 1. The van der Waals surface area contributed by atoms with Gasteiger partial charge in [0.15, 0.2) is 0 Å². The highest BCUT2D eigenvalue weighted by molar-refractivity contribution is 5.79. The van der Waals surface area contributed by atoms with Crippen molar-refractivity contribution in [2.24, 2.45) is 11.8 Å². The first kappa shape index (κ1) is 15.0. The number of aromatic nitrogens is 2. The number of nitrogens with one attached hydrogen (secondary N) is 1. The Labute approximate surface area is 120 Å². The van der Waals surface area contributed by atoms with Gasteiger partial charge in [-0.15, -0.1) is 0 Å². The second kappa shape index (κ2) is 6.39. The van der Waals surface area contributed by atoms with Gasteiger partial charge in [-0.1, -0.05) is 13.8 Å². The van der Waals surface area contributed by atoms with Crippen LogP contribution in [0.2, 0.25) is 0 Å². The summed E-state index contributed by atoms with van der Waals surface area (Å²) in [6.07, 6.45) is 2.01. The van der Waals surface area contributed by atoms with Crippen molar-refractivity contribution >= 4 is 5.91 Å². The summed E-state index contributed by atoms with van der Waals surface area (Å²) in [6, 6.07) is 2.00. The van der Waals surface area contributed by atoms with Crippen molar-refractivity contribution < 1.29 is 9.90 Å². The van der Waals surface area contributed by atoms with E-state index in [-0.39, 0.29) is 17.7 Å². The maximum atomic E-state index is 12.3. The van der Waals surface area contributed by atoms with E-state index < -0.39 is 6.10 Å². The van der Waals surface area contributed by atoms with E-state index in [2.05, 4.69) is 10.2 Å². The van der Waals surface area contributed by atoms with Gasteiger partial charge in [0.05, 0.1) is 11.8 Å². The quantitative estimate of drug-likeness (QED) is 0.858. The Hall–Kier alpha value is -1.36. The number of aryl methyl sites for hydroxylation is 1. The largest absolute Gasteiger partial charge is 0.391 e. The van der Waals surface area contributed by atoms with Crippen molar-refractivity contribution in [3.8, 4) is 0 Å². The Kier molecular flexibility index (Phi) is 4.81. The van der Waals surface area contributed by atoms with Crippen molar-refractivity contribution in [2.45, 2.75) is 46.1 Å². The van der Waals surface area contributed by atoms with Crippen LogP contribution in [0.3, 0.4) is 0 Å². The predicted octanol–water partition coefficient (Wildman–Crippen LogP) is 1.52. The monoisotopic (exact) mass is 279 g/mol. The van der Waals surface area contributed by atoms with E-state index in [0.29, 0.717) is 13.1 Å². The van der Waals surface area contributed by atoms with Crippen LogP contribution >= 0.6 is 0 Å². The Bertz CT molecular complexity index is 454. The number of rotatable bonds is 5. The van der Waals surface area contributed by atoms with Gasteiger partial charge in [-0.05, 0) is 32.3 Å². The maximum absolute atomic E-state index is 12.3. The molecule has 0 unspecified atom stereocenters. The fourth-order valence-corrected chi connectivity index (χ4v) is 2.98.